The highest BCUT2D eigenvalue weighted by Crippen LogP contribution is 2.59. The lowest BCUT2D eigenvalue weighted by atomic mass is 9.53. The normalized spacial score (nSPS) is 20.5. The summed E-state index contributed by atoms with van der Waals surface area (Å²) < 4.78 is 2.46. The molecule has 2 atom stereocenters. The zero-order valence-electron chi connectivity index (χ0n) is 16.3. The highest BCUT2D eigenvalue weighted by molar-refractivity contribution is 6.31. The highest BCUT2D eigenvalue weighted by Gasteiger charge is 2.59. The molecule has 1 aliphatic carbocycles. The van der Waals surface area contributed by atoms with Crippen LogP contribution in [-0.4, -0.2) is 0 Å². The summed E-state index contributed by atoms with van der Waals surface area (Å²) in [6, 6.07) is 32.5. The lowest BCUT2D eigenvalue weighted by molar-refractivity contribution is -0.732. The number of nitrogens with zero attached hydrogens (tertiary/aromatic N) is 1. The Labute approximate surface area is 186 Å². The van der Waals surface area contributed by atoms with Gasteiger partial charge >= 0.3 is 0 Å². The van der Waals surface area contributed by atoms with Crippen LogP contribution >= 0.6 is 23.2 Å². The molecule has 0 spiro atoms. The summed E-state index contributed by atoms with van der Waals surface area (Å²) in [7, 11) is 0. The molecule has 0 saturated carbocycles. The van der Waals surface area contributed by atoms with Crippen molar-refractivity contribution >= 4 is 23.2 Å². The molecule has 3 aliphatic rings. The van der Waals surface area contributed by atoms with Gasteiger partial charge < -0.3 is 0 Å². The number of aromatic nitrogens is 1. The second kappa shape index (κ2) is 6.70. The van der Waals surface area contributed by atoms with Gasteiger partial charge in [-0.1, -0.05) is 77.8 Å². The van der Waals surface area contributed by atoms with Gasteiger partial charge in [-0.25, -0.2) is 0 Å². The molecule has 3 heteroatoms. The van der Waals surface area contributed by atoms with E-state index < -0.39 is 0 Å². The smallest absolute Gasteiger partial charge is 0.190 e. The maximum absolute atomic E-state index is 6.52. The van der Waals surface area contributed by atoms with Crippen LogP contribution in [0.3, 0.4) is 0 Å². The average Bonchev–Trinajstić information content (AvgIpc) is 2.79. The fourth-order valence-corrected chi connectivity index (χ4v) is 6.18. The second-order valence-electron chi connectivity index (χ2n) is 8.31. The first-order valence-corrected chi connectivity index (χ1v) is 11.0. The van der Waals surface area contributed by atoms with E-state index in [-0.39, 0.29) is 17.4 Å². The van der Waals surface area contributed by atoms with E-state index in [9.17, 15) is 0 Å². The van der Waals surface area contributed by atoms with Gasteiger partial charge in [0.05, 0.1) is 5.92 Å². The van der Waals surface area contributed by atoms with Crippen LogP contribution in [0.4, 0.5) is 0 Å². The zero-order chi connectivity index (χ0) is 20.3. The van der Waals surface area contributed by atoms with Crippen LogP contribution in [0.1, 0.15) is 46.3 Å². The average molecular weight is 429 g/mol. The van der Waals surface area contributed by atoms with E-state index in [2.05, 4.69) is 89.6 Å². The summed E-state index contributed by atoms with van der Waals surface area (Å²) in [6.07, 6.45) is 3.19. The minimum Gasteiger partial charge on any atom is -0.195 e. The number of hydrogen-bond acceptors (Lipinski definition) is 0. The van der Waals surface area contributed by atoms with E-state index >= 15 is 0 Å². The van der Waals surface area contributed by atoms with Gasteiger partial charge in [0, 0.05) is 39.6 Å². The van der Waals surface area contributed by atoms with Crippen molar-refractivity contribution in [1.82, 2.24) is 0 Å². The van der Waals surface area contributed by atoms with Crippen LogP contribution in [0.2, 0.25) is 10.0 Å². The van der Waals surface area contributed by atoms with Gasteiger partial charge in [-0.3, -0.25) is 0 Å². The standard InChI is InChI=1S/C27H20Cl2N/c28-20-9-5-7-18(15-20)27(19-8-6-10-21(29)16-19)17-25-22-11-1-2-12-23(22)26(27)24-13-3-4-14-30(24)25/h1-16,25-26H,17H2/q+1/t25-,26+/m1/s1. The molecule has 0 saturated heterocycles. The molecule has 0 amide bonds. The molecule has 1 nitrogen and oxygen atoms in total. The molecule has 2 bridgehead atoms. The van der Waals surface area contributed by atoms with Crippen molar-refractivity contribution in [2.24, 2.45) is 0 Å². The Hall–Kier alpha value is -2.61. The van der Waals surface area contributed by atoms with E-state index in [0.29, 0.717) is 0 Å². The van der Waals surface area contributed by atoms with Crippen molar-refractivity contribution in [3.63, 3.8) is 0 Å². The van der Waals surface area contributed by atoms with E-state index in [4.69, 9.17) is 23.2 Å². The molecule has 30 heavy (non-hydrogen) atoms. The lowest BCUT2D eigenvalue weighted by Crippen LogP contribution is -2.60. The van der Waals surface area contributed by atoms with Crippen molar-refractivity contribution in [3.05, 3.63) is 135 Å². The molecule has 0 N–H and O–H groups in total. The first kappa shape index (κ1) is 18.2. The number of rotatable bonds is 2. The topological polar surface area (TPSA) is 3.88 Å². The molecule has 3 aromatic carbocycles. The summed E-state index contributed by atoms with van der Waals surface area (Å²) in [6.45, 7) is 0. The zero-order valence-corrected chi connectivity index (χ0v) is 17.8. The van der Waals surface area contributed by atoms with Gasteiger partial charge in [-0.15, -0.1) is 0 Å². The highest BCUT2D eigenvalue weighted by atomic mass is 35.5. The van der Waals surface area contributed by atoms with Gasteiger partial charge in [0.2, 0.25) is 0 Å². The molecule has 2 aliphatic heterocycles. The van der Waals surface area contributed by atoms with Crippen molar-refractivity contribution < 1.29 is 4.57 Å². The monoisotopic (exact) mass is 428 g/mol. The second-order valence-corrected chi connectivity index (χ2v) is 9.18. The van der Waals surface area contributed by atoms with E-state index in [1.807, 2.05) is 12.1 Å². The van der Waals surface area contributed by atoms with Gasteiger partial charge in [-0.2, -0.15) is 4.57 Å². The number of fused-ring (bicyclic) bond motifs is 1. The summed E-state index contributed by atoms with van der Waals surface area (Å²) in [5.74, 6) is 0.178. The maximum atomic E-state index is 6.52. The summed E-state index contributed by atoms with van der Waals surface area (Å²) in [5, 5.41) is 1.54. The van der Waals surface area contributed by atoms with Gasteiger partial charge in [0.1, 0.15) is 0 Å². The first-order chi connectivity index (χ1) is 14.7. The Kier molecular flexibility index (Phi) is 4.06. The van der Waals surface area contributed by atoms with Crippen LogP contribution in [0.5, 0.6) is 0 Å². The molecule has 7 rings (SSSR count). The third kappa shape index (κ3) is 2.46. The molecule has 0 radical (unpaired) electrons. The quantitative estimate of drug-likeness (QED) is 0.312. The van der Waals surface area contributed by atoms with Crippen LogP contribution in [-0.2, 0) is 5.41 Å². The van der Waals surface area contributed by atoms with Crippen molar-refractivity contribution in [2.75, 3.05) is 0 Å². The van der Waals surface area contributed by atoms with Gasteiger partial charge in [0.25, 0.3) is 0 Å². The third-order valence-electron chi connectivity index (χ3n) is 6.91. The van der Waals surface area contributed by atoms with Crippen LogP contribution in [0.25, 0.3) is 0 Å². The number of benzene rings is 3. The largest absolute Gasteiger partial charge is 0.195 e. The number of hydrogen-bond donors (Lipinski definition) is 0. The Bertz CT molecular complexity index is 1190. The van der Waals surface area contributed by atoms with Crippen LogP contribution < -0.4 is 4.57 Å². The van der Waals surface area contributed by atoms with Gasteiger partial charge in [0.15, 0.2) is 17.9 Å². The lowest BCUT2D eigenvalue weighted by Gasteiger charge is -2.50. The molecule has 0 fully saturated rings. The Morgan fingerprint density at radius 2 is 1.33 bits per heavy atom. The molecular weight excluding hydrogens is 409 g/mol. The minimum absolute atomic E-state index is 0.178. The Balaban J connectivity index is 1.73. The van der Waals surface area contributed by atoms with E-state index in [1.165, 1.54) is 27.9 Å². The minimum atomic E-state index is -0.240. The van der Waals surface area contributed by atoms with Crippen LogP contribution in [0.15, 0.2) is 97.2 Å². The van der Waals surface area contributed by atoms with E-state index in [0.717, 1.165) is 16.5 Å². The first-order valence-electron chi connectivity index (χ1n) is 10.3. The van der Waals surface area contributed by atoms with Crippen molar-refractivity contribution in [1.29, 1.82) is 0 Å². The van der Waals surface area contributed by atoms with Crippen LogP contribution in [0, 0.1) is 0 Å². The SMILES string of the molecule is Clc1cccc(C2(c3cccc(Cl)c3)C[C@@H]3c4ccccc4[C@H]2c2cccc[n+]23)c1. The third-order valence-corrected chi connectivity index (χ3v) is 7.38. The predicted molar refractivity (Wildman–Crippen MR) is 121 cm³/mol. The van der Waals surface area contributed by atoms with Crippen molar-refractivity contribution in [2.45, 2.75) is 23.8 Å². The molecule has 146 valence electrons. The summed E-state index contributed by atoms with van der Waals surface area (Å²) in [4.78, 5) is 0. The predicted octanol–water partition coefficient (Wildman–Crippen LogP) is 6.71. The summed E-state index contributed by atoms with van der Waals surface area (Å²) >= 11 is 13.0. The Morgan fingerprint density at radius 3 is 2.00 bits per heavy atom. The molecule has 1 aromatic heterocycles. The Morgan fingerprint density at radius 1 is 0.700 bits per heavy atom. The number of pyridine rings is 1. The molecule has 3 heterocycles. The fraction of sp³-hybridized carbons (Fsp3) is 0.148. The molecular formula is C27H20Cl2N+. The molecule has 0 unspecified atom stereocenters. The maximum Gasteiger partial charge on any atom is 0.190 e. The van der Waals surface area contributed by atoms with Crippen molar-refractivity contribution in [3.8, 4) is 0 Å². The van der Waals surface area contributed by atoms with E-state index in [1.54, 1.807) is 0 Å². The number of halogens is 2. The van der Waals surface area contributed by atoms with Gasteiger partial charge in [-0.05, 0) is 41.0 Å². The molecule has 4 aromatic rings. The fourth-order valence-electron chi connectivity index (χ4n) is 5.80. The summed E-state index contributed by atoms with van der Waals surface area (Å²) in [5.41, 5.74) is 6.42.